The molecule has 40 heavy (non-hydrogen) atoms. The second-order valence-corrected chi connectivity index (χ2v) is 8.36. The molecule has 0 aliphatic carbocycles. The second kappa shape index (κ2) is 13.7. The van der Waals surface area contributed by atoms with E-state index in [0.29, 0.717) is 0 Å². The summed E-state index contributed by atoms with van der Waals surface area (Å²) in [5.41, 5.74) is 0.677. The predicted molar refractivity (Wildman–Crippen MR) is 140 cm³/mol. The molecule has 1 aromatic heterocycles. The van der Waals surface area contributed by atoms with Crippen LogP contribution in [0.4, 0.5) is 22.7 Å². The van der Waals surface area contributed by atoms with Crippen LogP contribution in [0.2, 0.25) is 0 Å². The smallest absolute Gasteiger partial charge is 0.266 e. The van der Waals surface area contributed by atoms with Crippen LogP contribution in [-0.2, 0) is 32.3 Å². The van der Waals surface area contributed by atoms with Gasteiger partial charge in [0.25, 0.3) is 11.8 Å². The molecule has 0 saturated carbocycles. The van der Waals surface area contributed by atoms with Crippen LogP contribution in [0.25, 0.3) is 0 Å². The van der Waals surface area contributed by atoms with Crippen LogP contribution in [0.5, 0.6) is 23.0 Å². The average Bonchev–Trinajstić information content (AvgIpc) is 3.27. The van der Waals surface area contributed by atoms with Gasteiger partial charge in [0, 0.05) is 38.1 Å². The van der Waals surface area contributed by atoms with Gasteiger partial charge in [-0.1, -0.05) is 0 Å². The molecule has 0 saturated heterocycles. The van der Waals surface area contributed by atoms with Gasteiger partial charge in [0.15, 0.2) is 13.1 Å². The van der Waals surface area contributed by atoms with Gasteiger partial charge < -0.3 is 53.4 Å². The van der Waals surface area contributed by atoms with Crippen LogP contribution in [0.1, 0.15) is 13.8 Å². The number of amides is 4. The summed E-state index contributed by atoms with van der Waals surface area (Å²) in [4.78, 5) is 47.8. The highest BCUT2D eigenvalue weighted by atomic mass is 35.5. The lowest BCUT2D eigenvalue weighted by Gasteiger charge is -2.13. The fraction of sp³-hybridized carbons (Fsp3) is 0.240. The zero-order chi connectivity index (χ0) is 28.7. The number of aromatic hydroxyl groups is 2. The fourth-order valence-corrected chi connectivity index (χ4v) is 3.59. The third kappa shape index (κ3) is 8.26. The molecular formula is C25H29ClN6O8. The summed E-state index contributed by atoms with van der Waals surface area (Å²) in [5, 5.41) is 30.7. The summed E-state index contributed by atoms with van der Waals surface area (Å²) in [6, 6.07) is 5.29. The number of carbonyl (C=O) groups excluding carboxylic acids is 4. The Labute approximate surface area is 235 Å². The number of ether oxygens (including phenoxy) is 2. The van der Waals surface area contributed by atoms with Crippen molar-refractivity contribution in [2.24, 2.45) is 0 Å². The molecule has 0 atom stereocenters. The van der Waals surface area contributed by atoms with Gasteiger partial charge in [-0.15, -0.1) is 0 Å². The molecule has 3 aromatic rings. The number of benzene rings is 2. The molecule has 0 fully saturated rings. The minimum Gasteiger partial charge on any atom is -1.00 e. The SMILES string of the molecule is COc1cc(NC(=O)Cn2cc[n+](CC(=O)Nc3cc(OC)c(NC(C)=O)cc3O)c2)c(O)cc1NC(C)=O.[Cl-]. The van der Waals surface area contributed by atoms with Crippen LogP contribution in [0, 0.1) is 0 Å². The maximum atomic E-state index is 12.6. The third-order valence-electron chi connectivity index (χ3n) is 5.20. The molecule has 4 amide bonds. The maximum Gasteiger partial charge on any atom is 0.266 e. The summed E-state index contributed by atoms with van der Waals surface area (Å²) in [7, 11) is 2.77. The van der Waals surface area contributed by atoms with Gasteiger partial charge in [-0.25, -0.2) is 9.13 Å². The van der Waals surface area contributed by atoms with Crippen molar-refractivity contribution < 1.29 is 55.8 Å². The van der Waals surface area contributed by atoms with Crippen molar-refractivity contribution in [3.8, 4) is 23.0 Å². The number of aromatic nitrogens is 2. The highest BCUT2D eigenvalue weighted by Gasteiger charge is 2.18. The first-order chi connectivity index (χ1) is 18.5. The van der Waals surface area contributed by atoms with Crippen LogP contribution < -0.4 is 47.7 Å². The number of phenolic OH excluding ortho intramolecular Hbond substituents is 2. The lowest BCUT2D eigenvalue weighted by atomic mass is 10.2. The molecule has 0 aliphatic heterocycles. The van der Waals surface area contributed by atoms with E-state index in [0.717, 1.165) is 0 Å². The monoisotopic (exact) mass is 576 g/mol. The maximum absolute atomic E-state index is 12.6. The summed E-state index contributed by atoms with van der Waals surface area (Å²) in [6.07, 6.45) is 4.69. The van der Waals surface area contributed by atoms with Gasteiger partial charge in [0.2, 0.25) is 18.1 Å². The van der Waals surface area contributed by atoms with E-state index in [-0.39, 0.29) is 83.1 Å². The molecule has 0 unspecified atom stereocenters. The average molecular weight is 577 g/mol. The van der Waals surface area contributed by atoms with E-state index in [4.69, 9.17) is 9.47 Å². The minimum atomic E-state index is -0.469. The van der Waals surface area contributed by atoms with E-state index >= 15 is 0 Å². The van der Waals surface area contributed by atoms with Crippen LogP contribution in [0.15, 0.2) is 43.0 Å². The highest BCUT2D eigenvalue weighted by Crippen LogP contribution is 2.36. The minimum absolute atomic E-state index is 0. The van der Waals surface area contributed by atoms with Gasteiger partial charge in [-0.05, 0) is 0 Å². The van der Waals surface area contributed by atoms with Gasteiger partial charge in [-0.3, -0.25) is 19.2 Å². The van der Waals surface area contributed by atoms with E-state index in [1.54, 1.807) is 12.4 Å². The van der Waals surface area contributed by atoms with E-state index in [9.17, 15) is 29.4 Å². The molecule has 15 heteroatoms. The summed E-state index contributed by atoms with van der Waals surface area (Å²) >= 11 is 0. The molecule has 1 heterocycles. The molecule has 0 bridgehead atoms. The number of nitrogens with zero attached hydrogens (tertiary/aromatic N) is 2. The second-order valence-electron chi connectivity index (χ2n) is 8.36. The first kappa shape index (κ1) is 31.2. The Morgan fingerprint density at radius 2 is 1.25 bits per heavy atom. The lowest BCUT2D eigenvalue weighted by Crippen LogP contribution is -3.00. The predicted octanol–water partition coefficient (Wildman–Crippen LogP) is -1.60. The van der Waals surface area contributed by atoms with Crippen molar-refractivity contribution in [2.75, 3.05) is 35.5 Å². The van der Waals surface area contributed by atoms with E-state index in [2.05, 4.69) is 21.3 Å². The molecular weight excluding hydrogens is 548 g/mol. The number of rotatable bonds is 10. The normalized spacial score (nSPS) is 10.1. The zero-order valence-corrected chi connectivity index (χ0v) is 22.8. The number of nitrogens with one attached hydrogen (secondary N) is 4. The Morgan fingerprint density at radius 3 is 1.70 bits per heavy atom. The number of phenols is 2. The quantitative estimate of drug-likeness (QED) is 0.123. The van der Waals surface area contributed by atoms with Crippen molar-refractivity contribution >= 4 is 46.4 Å². The lowest BCUT2D eigenvalue weighted by molar-refractivity contribution is -0.683. The molecule has 14 nitrogen and oxygen atoms in total. The van der Waals surface area contributed by atoms with Crippen molar-refractivity contribution in [2.45, 2.75) is 26.9 Å². The van der Waals surface area contributed by atoms with Crippen molar-refractivity contribution in [1.29, 1.82) is 0 Å². The topological polar surface area (TPSA) is 184 Å². The summed E-state index contributed by atoms with van der Waals surface area (Å²) in [6.45, 7) is 2.36. The highest BCUT2D eigenvalue weighted by molar-refractivity contribution is 5.96. The molecule has 3 rings (SSSR count). The van der Waals surface area contributed by atoms with Gasteiger partial charge in [0.05, 0.1) is 37.0 Å². The zero-order valence-electron chi connectivity index (χ0n) is 22.1. The third-order valence-corrected chi connectivity index (χ3v) is 5.20. The standard InChI is InChI=1S/C25H28N6O8.ClH/c1-14(32)26-18-7-20(34)16(9-22(18)38-3)28-24(36)11-30-5-6-31(13-30)12-25(37)29-17-10-23(39-4)19(8-21(17)35)27-15(2)33;/h5-10,13H,11-12H2,1-4H3,(H5-,26,27,28,29,32,33,34,35,36,37);1H. The Bertz CT molecular complexity index is 1320. The van der Waals surface area contributed by atoms with Gasteiger partial charge >= 0.3 is 0 Å². The number of methoxy groups -OCH3 is 2. The molecule has 2 aromatic carbocycles. The first-order valence-corrected chi connectivity index (χ1v) is 11.5. The van der Waals surface area contributed by atoms with Gasteiger partial charge in [-0.2, -0.15) is 0 Å². The fourth-order valence-electron chi connectivity index (χ4n) is 3.59. The van der Waals surface area contributed by atoms with Crippen molar-refractivity contribution in [1.82, 2.24) is 4.57 Å². The van der Waals surface area contributed by atoms with E-state index in [1.807, 2.05) is 0 Å². The van der Waals surface area contributed by atoms with Crippen LogP contribution >= 0.6 is 0 Å². The Kier molecular flexibility index (Phi) is 10.7. The molecule has 0 aliphatic rings. The summed E-state index contributed by atoms with van der Waals surface area (Å²) < 4.78 is 13.4. The Hall–Kier alpha value is -4.98. The number of hydrogen-bond acceptors (Lipinski definition) is 8. The van der Waals surface area contributed by atoms with Gasteiger partial charge in [0.1, 0.15) is 35.4 Å². The number of carbonyl (C=O) groups is 4. The van der Waals surface area contributed by atoms with E-state index in [1.165, 1.54) is 67.8 Å². The number of hydrogen-bond donors (Lipinski definition) is 6. The van der Waals surface area contributed by atoms with Crippen LogP contribution in [0.3, 0.4) is 0 Å². The summed E-state index contributed by atoms with van der Waals surface area (Å²) in [5.74, 6) is -1.68. The molecule has 6 N–H and O–H groups in total. The number of anilines is 4. The number of imidazole rings is 1. The Morgan fingerprint density at radius 1 is 0.775 bits per heavy atom. The van der Waals surface area contributed by atoms with E-state index < -0.39 is 11.8 Å². The number of halogens is 1. The Balaban J connectivity index is 0.00000560. The van der Waals surface area contributed by atoms with Crippen molar-refractivity contribution in [3.05, 3.63) is 43.0 Å². The van der Waals surface area contributed by atoms with Crippen LogP contribution in [-0.4, -0.2) is 52.6 Å². The molecule has 214 valence electrons. The van der Waals surface area contributed by atoms with Crippen molar-refractivity contribution in [3.63, 3.8) is 0 Å². The first-order valence-electron chi connectivity index (χ1n) is 11.5. The largest absolute Gasteiger partial charge is 1.00 e. The molecule has 0 radical (unpaired) electrons. The molecule has 0 spiro atoms.